The second kappa shape index (κ2) is 3.84. The lowest BCUT2D eigenvalue weighted by molar-refractivity contribution is 0.605. The number of hydrogen-bond acceptors (Lipinski definition) is 2. The highest BCUT2D eigenvalue weighted by molar-refractivity contribution is 8.12. The highest BCUT2D eigenvalue weighted by atomic mass is 32.3. The molecule has 37 valence electrons. The van der Waals surface area contributed by atoms with Crippen LogP contribution in [0.2, 0.25) is 0 Å². The smallest absolute Gasteiger partial charge is 0.150 e. The molecule has 0 aromatic rings. The molecule has 1 radical (unpaired) electrons. The molecule has 0 bridgehead atoms. The molecule has 0 aliphatic rings. The first kappa shape index (κ1) is 6.66. The molecule has 0 aromatic carbocycles. The van der Waals surface area contributed by atoms with E-state index in [0.29, 0.717) is 5.08 Å². The van der Waals surface area contributed by atoms with E-state index >= 15 is 0 Å². The third kappa shape index (κ3) is 4.66. The van der Waals surface area contributed by atoms with Crippen LogP contribution < -0.4 is 0 Å². The fourth-order valence-corrected chi connectivity index (χ4v) is 1.06. The van der Waals surface area contributed by atoms with Crippen molar-refractivity contribution in [3.8, 4) is 0 Å². The van der Waals surface area contributed by atoms with Crippen LogP contribution in [-0.4, -0.2) is 15.9 Å². The lowest BCUT2D eigenvalue weighted by Gasteiger charge is -1.98. The van der Waals surface area contributed by atoms with Crippen molar-refractivity contribution in [3.05, 3.63) is 6.26 Å². The highest BCUT2D eigenvalue weighted by Crippen LogP contribution is 1.98. The second-order valence-electron chi connectivity index (χ2n) is 0.895. The quantitative estimate of drug-likeness (QED) is 0.508. The van der Waals surface area contributed by atoms with E-state index in [1.807, 2.05) is 0 Å². The van der Waals surface area contributed by atoms with Crippen LogP contribution in [0.3, 0.4) is 0 Å². The zero-order valence-electron chi connectivity index (χ0n) is 3.64. The van der Waals surface area contributed by atoms with E-state index in [2.05, 4.69) is 6.26 Å². The van der Waals surface area contributed by atoms with Crippen molar-refractivity contribution in [2.45, 2.75) is 0 Å². The van der Waals surface area contributed by atoms with Gasteiger partial charge in [0.1, 0.15) is 0 Å². The van der Waals surface area contributed by atoms with Gasteiger partial charge in [-0.1, -0.05) is 0 Å². The second-order valence-corrected chi connectivity index (χ2v) is 3.39. The van der Waals surface area contributed by atoms with Gasteiger partial charge in [0.15, 0.2) is 5.08 Å². The molecule has 1 nitrogen and oxygen atoms in total. The Morgan fingerprint density at radius 1 is 2.00 bits per heavy atom. The summed E-state index contributed by atoms with van der Waals surface area (Å²) in [5.41, 5.74) is 0. The molecule has 0 aliphatic carbocycles. The van der Waals surface area contributed by atoms with Crippen molar-refractivity contribution in [1.82, 2.24) is 0 Å². The first-order chi connectivity index (χ1) is 2.77. The van der Waals surface area contributed by atoms with Gasteiger partial charge in [-0.25, -0.2) is 0 Å². The van der Waals surface area contributed by atoms with Gasteiger partial charge >= 0.3 is 0 Å². The maximum absolute atomic E-state index is 10.1. The van der Waals surface area contributed by atoms with E-state index in [9.17, 15) is 4.55 Å². The minimum absolute atomic E-state index is 0.653. The van der Waals surface area contributed by atoms with Gasteiger partial charge in [-0.2, -0.15) is 0 Å². The predicted octanol–water partition coefficient (Wildman–Crippen LogP) is 0.847. The molecule has 0 aromatic heterocycles. The van der Waals surface area contributed by atoms with Crippen LogP contribution in [0, 0.1) is 6.26 Å². The van der Waals surface area contributed by atoms with Crippen molar-refractivity contribution in [2.75, 3.05) is 11.3 Å². The van der Waals surface area contributed by atoms with Crippen molar-refractivity contribution in [3.63, 3.8) is 0 Å². The topological polar surface area (TPSA) is 23.1 Å². The zero-order valence-corrected chi connectivity index (χ0v) is 5.27. The molecule has 6 heavy (non-hydrogen) atoms. The molecule has 0 heterocycles. The van der Waals surface area contributed by atoms with Gasteiger partial charge in [0.2, 0.25) is 0 Å². The van der Waals surface area contributed by atoms with Crippen molar-refractivity contribution < 1.29 is 4.55 Å². The molecule has 1 unspecified atom stereocenters. The van der Waals surface area contributed by atoms with E-state index in [1.54, 1.807) is 6.26 Å². The molecule has 0 amide bonds. The Hall–Kier alpha value is 0.660. The van der Waals surface area contributed by atoms with Crippen LogP contribution in [0.5, 0.6) is 0 Å². The largest absolute Gasteiger partial charge is 0.616 e. The summed E-state index contributed by atoms with van der Waals surface area (Å²) < 4.78 is 10.1. The van der Waals surface area contributed by atoms with Gasteiger partial charge in [-0.05, 0) is 11.2 Å². The van der Waals surface area contributed by atoms with E-state index in [0.717, 1.165) is 0 Å². The molecule has 0 fully saturated rings. The third-order valence-corrected chi connectivity index (χ3v) is 2.24. The fraction of sp³-hybridized carbons (Fsp3) is 0.667. The predicted molar refractivity (Wildman–Crippen MR) is 31.9 cm³/mol. The van der Waals surface area contributed by atoms with E-state index in [1.165, 1.54) is 11.8 Å². The average molecular weight is 123 g/mol. The molecule has 3 heteroatoms. The zero-order chi connectivity index (χ0) is 4.99. The van der Waals surface area contributed by atoms with Crippen molar-refractivity contribution in [1.29, 1.82) is 0 Å². The first-order valence-corrected chi connectivity index (χ1v) is 4.32. The number of rotatable bonds is 2. The Morgan fingerprint density at radius 3 is 2.50 bits per heavy atom. The van der Waals surface area contributed by atoms with E-state index < -0.39 is 11.2 Å². The SMILES string of the molecule is [CH2]SC[S+](C)[O-]. The molecule has 0 spiro atoms. The monoisotopic (exact) mass is 123 g/mol. The standard InChI is InChI=1S/C3H7OS2/c1-5-3-6(2)4/h1,3H2,2H3. The highest BCUT2D eigenvalue weighted by Gasteiger charge is 1.88. The maximum atomic E-state index is 10.1. The molecule has 0 rings (SSSR count). The molecule has 0 saturated heterocycles. The fourth-order valence-electron chi connectivity index (χ4n) is 0.117. The number of hydrogen-bond donors (Lipinski definition) is 0. The van der Waals surface area contributed by atoms with Gasteiger partial charge in [0.05, 0.1) is 6.26 Å². The Kier molecular flexibility index (Phi) is 4.26. The van der Waals surface area contributed by atoms with Gasteiger partial charge in [-0.15, -0.1) is 11.8 Å². The van der Waals surface area contributed by atoms with Gasteiger partial charge < -0.3 is 4.55 Å². The minimum Gasteiger partial charge on any atom is -0.616 e. The van der Waals surface area contributed by atoms with Gasteiger partial charge in [0, 0.05) is 6.26 Å². The Morgan fingerprint density at radius 2 is 2.50 bits per heavy atom. The van der Waals surface area contributed by atoms with Crippen LogP contribution in [-0.2, 0) is 11.2 Å². The molecule has 0 saturated carbocycles. The Bertz CT molecular complexity index is 30.0. The van der Waals surface area contributed by atoms with Crippen LogP contribution in [0.4, 0.5) is 0 Å². The minimum atomic E-state index is -0.665. The van der Waals surface area contributed by atoms with Crippen LogP contribution >= 0.6 is 11.8 Å². The summed E-state index contributed by atoms with van der Waals surface area (Å²) in [6.07, 6.45) is 5.11. The lowest BCUT2D eigenvalue weighted by atomic mass is 11.9. The summed E-state index contributed by atoms with van der Waals surface area (Å²) in [4.78, 5) is 0. The third-order valence-electron chi connectivity index (χ3n) is 0.249. The maximum Gasteiger partial charge on any atom is 0.150 e. The molecule has 1 atom stereocenters. The summed E-state index contributed by atoms with van der Waals surface area (Å²) in [7, 11) is 0. The normalized spacial score (nSPS) is 14.5. The summed E-state index contributed by atoms with van der Waals surface area (Å²) in [5, 5.41) is 0.653. The molecule has 0 N–H and O–H groups in total. The van der Waals surface area contributed by atoms with Gasteiger partial charge in [0.25, 0.3) is 0 Å². The summed E-state index contributed by atoms with van der Waals surface area (Å²) in [6, 6.07) is 0. The van der Waals surface area contributed by atoms with Gasteiger partial charge in [-0.3, -0.25) is 0 Å². The molecular formula is C3H7OS2. The Balaban J connectivity index is 2.63. The summed E-state index contributed by atoms with van der Waals surface area (Å²) >= 11 is 0.694. The van der Waals surface area contributed by atoms with E-state index in [4.69, 9.17) is 0 Å². The van der Waals surface area contributed by atoms with Crippen LogP contribution in [0.25, 0.3) is 0 Å². The average Bonchev–Trinajstić information content (AvgIpc) is 1.35. The molecule has 0 aliphatic heterocycles. The first-order valence-electron chi connectivity index (χ1n) is 1.44. The number of thioether (sulfide) groups is 1. The van der Waals surface area contributed by atoms with E-state index in [-0.39, 0.29) is 0 Å². The van der Waals surface area contributed by atoms with Crippen LogP contribution in [0.1, 0.15) is 0 Å². The molecular weight excluding hydrogens is 116 g/mol. The summed E-state index contributed by atoms with van der Waals surface area (Å²) in [5.74, 6) is 0. The van der Waals surface area contributed by atoms with Crippen molar-refractivity contribution in [2.24, 2.45) is 0 Å². The Labute approximate surface area is 45.7 Å². The van der Waals surface area contributed by atoms with Crippen molar-refractivity contribution >= 4 is 22.9 Å². The van der Waals surface area contributed by atoms with Crippen LogP contribution in [0.15, 0.2) is 0 Å². The lowest BCUT2D eigenvalue weighted by Crippen LogP contribution is -1.96. The summed E-state index contributed by atoms with van der Waals surface area (Å²) in [6.45, 7) is 0.